The van der Waals surface area contributed by atoms with E-state index in [0.29, 0.717) is 72.8 Å². The zero-order valence-corrected chi connectivity index (χ0v) is 43.9. The van der Waals surface area contributed by atoms with E-state index in [1.807, 2.05) is 24.3 Å². The van der Waals surface area contributed by atoms with Crippen LogP contribution >= 0.6 is 50.9 Å². The van der Waals surface area contributed by atoms with Gasteiger partial charge in [0.05, 0.1) is 44.7 Å². The number of thioether (sulfide) groups is 2. The average molecular weight is 1030 g/mol. The largest absolute Gasteiger partial charge is 0.465 e. The maximum atomic E-state index is 14.0. The number of carbonyl (C=O) groups excluding carboxylic acids is 4. The number of hydrogen-bond donors (Lipinski definition) is 3. The van der Waals surface area contributed by atoms with Gasteiger partial charge < -0.3 is 33.5 Å². The second-order valence-electron chi connectivity index (χ2n) is 16.3. The summed E-state index contributed by atoms with van der Waals surface area (Å²) in [6.07, 6.45) is -0.921. The Morgan fingerprint density at radius 3 is 1.37 bits per heavy atom. The van der Waals surface area contributed by atoms with Crippen molar-refractivity contribution < 1.29 is 61.8 Å². The third-order valence-corrected chi connectivity index (χ3v) is 17.8. The summed E-state index contributed by atoms with van der Waals surface area (Å²) < 4.78 is 55.9. The third-order valence-electron chi connectivity index (χ3n) is 10.8. The van der Waals surface area contributed by atoms with Crippen LogP contribution in [-0.2, 0) is 53.5 Å². The van der Waals surface area contributed by atoms with Gasteiger partial charge in [0.1, 0.15) is 13.2 Å². The summed E-state index contributed by atoms with van der Waals surface area (Å²) in [5, 5.41) is 21.5. The van der Waals surface area contributed by atoms with Crippen molar-refractivity contribution in [1.29, 1.82) is 0 Å². The Hall–Kier alpha value is -3.53. The summed E-state index contributed by atoms with van der Waals surface area (Å²) in [7, 11) is -7.69. The molecule has 68 heavy (non-hydrogen) atoms. The molecule has 0 spiro atoms. The van der Waals surface area contributed by atoms with Gasteiger partial charge in [-0.1, -0.05) is 60.7 Å². The number of benzene rings is 4. The molecule has 0 aliphatic rings. The molecule has 0 bridgehead atoms. The molecule has 0 aliphatic heterocycles. The van der Waals surface area contributed by atoms with E-state index >= 15 is 0 Å². The molecule has 4 aromatic carbocycles. The predicted octanol–water partition coefficient (Wildman–Crippen LogP) is 9.15. The number of rotatable bonds is 30. The van der Waals surface area contributed by atoms with Crippen LogP contribution in [0.25, 0.3) is 0 Å². The van der Waals surface area contributed by atoms with Crippen molar-refractivity contribution >= 4 is 84.5 Å². The van der Waals surface area contributed by atoms with Crippen molar-refractivity contribution in [2.45, 2.75) is 78.6 Å². The summed E-state index contributed by atoms with van der Waals surface area (Å²) in [5.74, 6) is 1.09. The summed E-state index contributed by atoms with van der Waals surface area (Å²) in [4.78, 5) is 53.4. The fourth-order valence-corrected chi connectivity index (χ4v) is 13.5. The van der Waals surface area contributed by atoms with Gasteiger partial charge in [-0.25, -0.2) is 0 Å². The van der Waals surface area contributed by atoms with Crippen molar-refractivity contribution in [3.8, 4) is 0 Å². The average Bonchev–Trinajstić information content (AvgIpc) is 3.32. The second kappa shape index (κ2) is 27.8. The van der Waals surface area contributed by atoms with Gasteiger partial charge in [-0.3, -0.25) is 28.3 Å². The third kappa shape index (κ3) is 15.7. The number of carbonyl (C=O) groups is 4. The van der Waals surface area contributed by atoms with Crippen LogP contribution in [-0.4, -0.2) is 96.4 Å². The van der Waals surface area contributed by atoms with Crippen molar-refractivity contribution in [1.82, 2.24) is 0 Å². The fraction of sp³-hybridized carbons (Fsp3) is 0.440. The Labute approximate surface area is 414 Å². The molecule has 0 aliphatic carbocycles. The molecule has 18 heteroatoms. The van der Waals surface area contributed by atoms with Gasteiger partial charge in [-0.05, 0) is 105 Å². The van der Waals surface area contributed by atoms with Crippen LogP contribution in [0.15, 0.2) is 84.9 Å². The quantitative estimate of drug-likeness (QED) is 0.0147. The first-order valence-electron chi connectivity index (χ1n) is 22.4. The zero-order valence-electron chi connectivity index (χ0n) is 39.6. The molecule has 0 radical (unpaired) electrons. The number of thiol groups is 1. The molecule has 0 aromatic heterocycles. The Morgan fingerprint density at radius 2 is 1.03 bits per heavy atom. The van der Waals surface area contributed by atoms with Gasteiger partial charge in [-0.2, -0.15) is 36.2 Å². The van der Waals surface area contributed by atoms with E-state index in [-0.39, 0.29) is 52.3 Å². The second-order valence-corrected chi connectivity index (χ2v) is 23.5. The van der Waals surface area contributed by atoms with Crippen molar-refractivity contribution in [3.63, 3.8) is 0 Å². The highest BCUT2D eigenvalue weighted by Crippen LogP contribution is 2.51. The number of aliphatic hydroxyl groups excluding tert-OH is 2. The first-order valence-corrected chi connectivity index (χ1v) is 28.5. The molecule has 370 valence electrons. The highest BCUT2D eigenvalue weighted by atomic mass is 32.2. The zero-order chi connectivity index (χ0) is 49.9. The van der Waals surface area contributed by atoms with E-state index < -0.39 is 56.0 Å². The number of ether oxygens (including phenoxy) is 3. The number of aliphatic hydroxyl groups is 2. The van der Waals surface area contributed by atoms with E-state index in [0.717, 1.165) is 11.1 Å². The first kappa shape index (κ1) is 57.1. The van der Waals surface area contributed by atoms with Gasteiger partial charge in [0.25, 0.3) is 11.0 Å². The Kier molecular flexibility index (Phi) is 23.3. The molecule has 13 nitrogen and oxygen atoms in total. The van der Waals surface area contributed by atoms with Gasteiger partial charge in [0.15, 0.2) is 6.29 Å². The molecule has 3 atom stereocenters. The lowest BCUT2D eigenvalue weighted by Gasteiger charge is -2.31. The Bertz CT molecular complexity index is 2220. The van der Waals surface area contributed by atoms with Crippen LogP contribution in [0.3, 0.4) is 0 Å². The Morgan fingerprint density at radius 1 is 0.647 bits per heavy atom. The number of aryl methyl sites for hydroxylation is 4. The molecule has 0 heterocycles. The van der Waals surface area contributed by atoms with Gasteiger partial charge in [-0.15, -0.1) is 0 Å². The monoisotopic (exact) mass is 1030 g/mol. The maximum Gasteiger partial charge on any atom is 0.306 e. The summed E-state index contributed by atoms with van der Waals surface area (Å²) in [5.41, 5.74) is 2.77. The standard InChI is InChI=1S/C50H64O13P2S3/c1-7-62-64(57,41-15-11-9-12-16-41)48(55)46-35(3)25-39(26-36(46)4)29-67-23-20-44(53)60-33-50(31-51,32-59-43(52)19-22-66)34-61-45(54)21-24-68-30-40-27-37(5)47(38(6)28-40)49(56)65(58,63-8-2)42-17-13-10-14-18-42/h9-18,25-28,43,51-52,66H,7-8,19-24,29-34H2,1-6H3. The van der Waals surface area contributed by atoms with Crippen molar-refractivity contribution in [2.24, 2.45) is 5.41 Å². The highest BCUT2D eigenvalue weighted by molar-refractivity contribution is 7.98. The molecule has 3 unspecified atom stereocenters. The fourth-order valence-electron chi connectivity index (χ4n) is 7.39. The molecular weight excluding hydrogens is 967 g/mol. The van der Waals surface area contributed by atoms with Crippen LogP contribution in [0.2, 0.25) is 0 Å². The van der Waals surface area contributed by atoms with Crippen molar-refractivity contribution in [3.05, 3.63) is 129 Å². The molecule has 0 saturated carbocycles. The molecule has 4 rings (SSSR count). The maximum absolute atomic E-state index is 14.0. The molecule has 2 N–H and O–H groups in total. The van der Waals surface area contributed by atoms with Crippen LogP contribution < -0.4 is 10.6 Å². The van der Waals surface area contributed by atoms with Crippen LogP contribution in [0.4, 0.5) is 0 Å². The number of hydrogen-bond acceptors (Lipinski definition) is 16. The minimum atomic E-state index is -3.84. The van der Waals surface area contributed by atoms with Gasteiger partial charge >= 0.3 is 26.7 Å². The lowest BCUT2D eigenvalue weighted by atomic mass is 9.92. The molecular formula is C50H64O13P2S3. The normalized spacial score (nSPS) is 14.5. The molecule has 0 fully saturated rings. The van der Waals surface area contributed by atoms with E-state index in [1.54, 1.807) is 102 Å². The van der Waals surface area contributed by atoms with Gasteiger partial charge in [0.2, 0.25) is 0 Å². The minimum Gasteiger partial charge on any atom is -0.465 e. The van der Waals surface area contributed by atoms with Crippen LogP contribution in [0.1, 0.15) is 87.2 Å². The summed E-state index contributed by atoms with van der Waals surface area (Å²) in [6.45, 7) is 9.29. The van der Waals surface area contributed by atoms with E-state index in [4.69, 9.17) is 23.3 Å². The van der Waals surface area contributed by atoms with E-state index in [1.165, 1.54) is 23.5 Å². The number of esters is 2. The minimum absolute atomic E-state index is 0.0370. The lowest BCUT2D eigenvalue weighted by molar-refractivity contribution is -0.174. The van der Waals surface area contributed by atoms with Gasteiger partial charge in [0, 0.05) is 51.2 Å². The topological polar surface area (TPSA) is 189 Å². The smallest absolute Gasteiger partial charge is 0.306 e. The Balaban J connectivity index is 1.29. The predicted molar refractivity (Wildman–Crippen MR) is 275 cm³/mol. The van der Waals surface area contributed by atoms with E-state index in [2.05, 4.69) is 12.6 Å². The molecule has 0 saturated heterocycles. The lowest BCUT2D eigenvalue weighted by Crippen LogP contribution is -2.43. The first-order chi connectivity index (χ1) is 32.5. The van der Waals surface area contributed by atoms with E-state index in [9.17, 15) is 38.5 Å². The molecule has 4 aromatic rings. The molecule has 0 amide bonds. The summed E-state index contributed by atoms with van der Waals surface area (Å²) >= 11 is 7.09. The highest BCUT2D eigenvalue weighted by Gasteiger charge is 2.39. The summed E-state index contributed by atoms with van der Waals surface area (Å²) in [6, 6.07) is 24.5. The van der Waals surface area contributed by atoms with Crippen molar-refractivity contribution in [2.75, 3.05) is 56.9 Å². The van der Waals surface area contributed by atoms with Crippen LogP contribution in [0.5, 0.6) is 0 Å². The van der Waals surface area contributed by atoms with Crippen LogP contribution in [0, 0.1) is 33.1 Å². The SMILES string of the molecule is CCOP(=O)(C(=O)c1c(C)cc(CSCCC(=O)OCC(CO)(COC(=O)CCSCc2cc(C)c(C(=O)P(=O)(OCC)c3ccccc3)c(C)c2)COC(O)CCS)cc1C)c1ccccc1.